The smallest absolute Gasteiger partial charge is 0.410 e. The molecule has 0 saturated carbocycles. The predicted octanol–water partition coefficient (Wildman–Crippen LogP) is 0.850. The molecule has 0 radical (unpaired) electrons. The van der Waals surface area contributed by atoms with Gasteiger partial charge in [0.15, 0.2) is 5.96 Å². The van der Waals surface area contributed by atoms with Crippen molar-refractivity contribution in [3.05, 3.63) is 0 Å². The number of carbonyl (C=O) groups excluding carboxylic acids is 1. The SMILES string of the molecule is CC(C)(C)OC(=O)N1CC(NC(N)=NCCCN2CCOCC2)C1.I. The van der Waals surface area contributed by atoms with Gasteiger partial charge < -0.3 is 25.4 Å². The first kappa shape index (κ1) is 22.2. The first-order valence-electron chi connectivity index (χ1n) is 8.68. The average molecular weight is 469 g/mol. The van der Waals surface area contributed by atoms with Gasteiger partial charge in [-0.15, -0.1) is 24.0 Å². The highest BCUT2D eigenvalue weighted by atomic mass is 127. The van der Waals surface area contributed by atoms with E-state index in [0.717, 1.165) is 39.3 Å². The second-order valence-corrected chi connectivity index (χ2v) is 7.30. The molecule has 0 bridgehead atoms. The van der Waals surface area contributed by atoms with Gasteiger partial charge in [0, 0.05) is 39.3 Å². The molecule has 1 amide bonds. The molecule has 25 heavy (non-hydrogen) atoms. The monoisotopic (exact) mass is 469 g/mol. The van der Waals surface area contributed by atoms with Crippen LogP contribution in [0.15, 0.2) is 4.99 Å². The largest absolute Gasteiger partial charge is 0.444 e. The molecule has 146 valence electrons. The van der Waals surface area contributed by atoms with E-state index in [9.17, 15) is 4.79 Å². The molecule has 0 aliphatic carbocycles. The van der Waals surface area contributed by atoms with E-state index in [1.54, 1.807) is 4.90 Å². The Kier molecular flexibility index (Phi) is 9.22. The second-order valence-electron chi connectivity index (χ2n) is 7.30. The number of hydrogen-bond donors (Lipinski definition) is 2. The summed E-state index contributed by atoms with van der Waals surface area (Å²) in [5.41, 5.74) is 5.44. The summed E-state index contributed by atoms with van der Waals surface area (Å²) in [4.78, 5) is 20.2. The molecule has 2 heterocycles. The molecular formula is C16H32IN5O3. The number of rotatable bonds is 5. The van der Waals surface area contributed by atoms with Crippen LogP contribution in [0.3, 0.4) is 0 Å². The molecule has 2 fully saturated rings. The Morgan fingerprint density at radius 2 is 1.96 bits per heavy atom. The lowest BCUT2D eigenvalue weighted by Crippen LogP contribution is -2.62. The Morgan fingerprint density at radius 1 is 1.32 bits per heavy atom. The Balaban J connectivity index is 0.00000312. The lowest BCUT2D eigenvalue weighted by molar-refractivity contribution is 0.00706. The summed E-state index contributed by atoms with van der Waals surface area (Å²) in [5, 5.41) is 3.15. The molecule has 2 saturated heterocycles. The molecule has 3 N–H and O–H groups in total. The number of likely N-dealkylation sites (tertiary alicyclic amines) is 1. The molecule has 0 unspecified atom stereocenters. The number of hydrogen-bond acceptors (Lipinski definition) is 5. The fourth-order valence-corrected chi connectivity index (χ4v) is 2.62. The first-order valence-corrected chi connectivity index (χ1v) is 8.68. The average Bonchev–Trinajstić information content (AvgIpc) is 2.46. The minimum absolute atomic E-state index is 0. The second kappa shape index (κ2) is 10.4. The molecule has 2 rings (SSSR count). The molecule has 9 heteroatoms. The standard InChI is InChI=1S/C16H31N5O3.HI/c1-16(2,3)24-15(22)21-11-13(12-21)19-14(17)18-5-4-6-20-7-9-23-10-8-20;/h13H,4-12H2,1-3H3,(H3,17,18,19);1H. The third-order valence-corrected chi connectivity index (χ3v) is 3.90. The summed E-state index contributed by atoms with van der Waals surface area (Å²) in [6.45, 7) is 12.2. The van der Waals surface area contributed by atoms with Gasteiger partial charge in [0.2, 0.25) is 0 Å². The number of morpholine rings is 1. The third kappa shape index (κ3) is 8.41. The van der Waals surface area contributed by atoms with Crippen molar-refractivity contribution in [2.24, 2.45) is 10.7 Å². The molecule has 0 spiro atoms. The van der Waals surface area contributed by atoms with E-state index in [-0.39, 0.29) is 36.1 Å². The predicted molar refractivity (Wildman–Crippen MR) is 109 cm³/mol. The van der Waals surface area contributed by atoms with Gasteiger partial charge in [0.05, 0.1) is 19.3 Å². The lowest BCUT2D eigenvalue weighted by Gasteiger charge is -2.40. The highest BCUT2D eigenvalue weighted by Gasteiger charge is 2.33. The van der Waals surface area contributed by atoms with Crippen molar-refractivity contribution < 1.29 is 14.3 Å². The molecule has 2 aliphatic rings. The van der Waals surface area contributed by atoms with Crippen LogP contribution in [0.25, 0.3) is 0 Å². The topological polar surface area (TPSA) is 92.4 Å². The molecule has 0 atom stereocenters. The van der Waals surface area contributed by atoms with E-state index in [0.29, 0.717) is 25.6 Å². The number of nitrogens with one attached hydrogen (secondary N) is 1. The molecule has 2 aliphatic heterocycles. The van der Waals surface area contributed by atoms with Gasteiger partial charge in [-0.05, 0) is 27.2 Å². The van der Waals surface area contributed by atoms with Crippen LogP contribution in [-0.4, -0.2) is 86.0 Å². The number of carbonyl (C=O) groups is 1. The zero-order valence-electron chi connectivity index (χ0n) is 15.5. The van der Waals surface area contributed by atoms with Crippen LogP contribution in [0.1, 0.15) is 27.2 Å². The summed E-state index contributed by atoms with van der Waals surface area (Å²) < 4.78 is 10.6. The molecule has 0 aromatic carbocycles. The van der Waals surface area contributed by atoms with Gasteiger partial charge in [0.1, 0.15) is 5.60 Å². The van der Waals surface area contributed by atoms with E-state index in [2.05, 4.69) is 15.2 Å². The van der Waals surface area contributed by atoms with Crippen molar-refractivity contribution in [1.29, 1.82) is 0 Å². The minimum atomic E-state index is -0.462. The van der Waals surface area contributed by atoms with Gasteiger partial charge in [-0.25, -0.2) is 4.79 Å². The summed E-state index contributed by atoms with van der Waals surface area (Å²) in [7, 11) is 0. The van der Waals surface area contributed by atoms with E-state index in [1.807, 2.05) is 20.8 Å². The maximum absolute atomic E-state index is 11.8. The summed E-state index contributed by atoms with van der Waals surface area (Å²) in [5.74, 6) is 0.450. The first-order chi connectivity index (χ1) is 11.3. The van der Waals surface area contributed by atoms with Crippen LogP contribution in [0.2, 0.25) is 0 Å². The quantitative estimate of drug-likeness (QED) is 0.269. The summed E-state index contributed by atoms with van der Waals surface area (Å²) >= 11 is 0. The number of aliphatic imine (C=N–C) groups is 1. The normalized spacial score (nSPS) is 19.8. The number of halogens is 1. The van der Waals surface area contributed by atoms with Gasteiger partial charge in [-0.1, -0.05) is 0 Å². The fraction of sp³-hybridized carbons (Fsp3) is 0.875. The number of nitrogens with two attached hydrogens (primary N) is 1. The van der Waals surface area contributed by atoms with E-state index >= 15 is 0 Å². The lowest BCUT2D eigenvalue weighted by atomic mass is 10.1. The van der Waals surface area contributed by atoms with Crippen LogP contribution < -0.4 is 11.1 Å². The van der Waals surface area contributed by atoms with Crippen LogP contribution in [-0.2, 0) is 9.47 Å². The van der Waals surface area contributed by atoms with E-state index in [1.165, 1.54) is 0 Å². The highest BCUT2D eigenvalue weighted by molar-refractivity contribution is 14.0. The van der Waals surface area contributed by atoms with Crippen molar-refractivity contribution in [3.8, 4) is 0 Å². The highest BCUT2D eigenvalue weighted by Crippen LogP contribution is 2.14. The number of amides is 1. The van der Waals surface area contributed by atoms with Gasteiger partial charge in [0.25, 0.3) is 0 Å². The maximum Gasteiger partial charge on any atom is 0.410 e. The number of guanidine groups is 1. The van der Waals surface area contributed by atoms with Crippen molar-refractivity contribution in [3.63, 3.8) is 0 Å². The van der Waals surface area contributed by atoms with E-state index < -0.39 is 5.60 Å². The Bertz CT molecular complexity index is 444. The molecule has 0 aromatic heterocycles. The third-order valence-electron chi connectivity index (χ3n) is 3.90. The fourth-order valence-electron chi connectivity index (χ4n) is 2.62. The molecule has 8 nitrogen and oxygen atoms in total. The van der Waals surface area contributed by atoms with Crippen LogP contribution in [0, 0.1) is 0 Å². The van der Waals surface area contributed by atoms with Gasteiger partial charge >= 0.3 is 6.09 Å². The number of nitrogens with zero attached hydrogens (tertiary/aromatic N) is 3. The van der Waals surface area contributed by atoms with Crippen molar-refractivity contribution in [2.75, 3.05) is 52.5 Å². The Hall–Kier alpha value is -0.810. The van der Waals surface area contributed by atoms with Crippen molar-refractivity contribution in [2.45, 2.75) is 38.8 Å². The molecule has 0 aromatic rings. The van der Waals surface area contributed by atoms with Crippen LogP contribution >= 0.6 is 24.0 Å². The van der Waals surface area contributed by atoms with Crippen LogP contribution in [0.5, 0.6) is 0 Å². The van der Waals surface area contributed by atoms with Gasteiger partial charge in [-0.2, -0.15) is 0 Å². The van der Waals surface area contributed by atoms with E-state index in [4.69, 9.17) is 15.2 Å². The van der Waals surface area contributed by atoms with Crippen molar-refractivity contribution >= 4 is 36.0 Å². The minimum Gasteiger partial charge on any atom is -0.444 e. The molecular weight excluding hydrogens is 437 g/mol. The van der Waals surface area contributed by atoms with Crippen molar-refractivity contribution in [1.82, 2.24) is 15.1 Å². The zero-order chi connectivity index (χ0) is 17.6. The Morgan fingerprint density at radius 3 is 2.56 bits per heavy atom. The van der Waals surface area contributed by atoms with Gasteiger partial charge in [-0.3, -0.25) is 9.89 Å². The summed E-state index contributed by atoms with van der Waals surface area (Å²) in [6, 6.07) is 0.153. The summed E-state index contributed by atoms with van der Waals surface area (Å²) in [6.07, 6.45) is 0.707. The Labute approximate surface area is 167 Å². The maximum atomic E-state index is 11.8. The number of ether oxygens (including phenoxy) is 2. The van der Waals surface area contributed by atoms with Crippen LogP contribution in [0.4, 0.5) is 4.79 Å². The zero-order valence-corrected chi connectivity index (χ0v) is 17.8.